The molecule has 1 N–H and O–H groups in total. The number of benzene rings is 3. The lowest BCUT2D eigenvalue weighted by atomic mass is 10.0. The van der Waals surface area contributed by atoms with E-state index in [0.29, 0.717) is 23.2 Å². The van der Waals surface area contributed by atoms with Crippen molar-refractivity contribution in [2.45, 2.75) is 19.1 Å². The minimum atomic E-state index is -0.728. The van der Waals surface area contributed by atoms with Gasteiger partial charge in [-0.1, -0.05) is 58.4 Å². The van der Waals surface area contributed by atoms with E-state index in [-0.39, 0.29) is 5.82 Å². The molecule has 0 aliphatic heterocycles. The third-order valence-corrected chi connectivity index (χ3v) is 4.30. The molecular formula is C21H18BrFO2. The van der Waals surface area contributed by atoms with Crippen LogP contribution in [0.15, 0.2) is 77.3 Å². The molecule has 25 heavy (non-hydrogen) atoms. The van der Waals surface area contributed by atoms with Gasteiger partial charge in [-0.25, -0.2) is 4.39 Å². The zero-order chi connectivity index (χ0) is 17.6. The smallest absolute Gasteiger partial charge is 0.124 e. The van der Waals surface area contributed by atoms with E-state index >= 15 is 0 Å². The van der Waals surface area contributed by atoms with Gasteiger partial charge in [0, 0.05) is 10.9 Å². The number of aliphatic hydroxyl groups is 1. The van der Waals surface area contributed by atoms with E-state index < -0.39 is 6.10 Å². The van der Waals surface area contributed by atoms with Gasteiger partial charge in [-0.3, -0.25) is 0 Å². The molecule has 0 radical (unpaired) electrons. The van der Waals surface area contributed by atoms with Gasteiger partial charge in [-0.2, -0.15) is 0 Å². The van der Waals surface area contributed by atoms with Gasteiger partial charge in [0.1, 0.15) is 18.2 Å². The highest BCUT2D eigenvalue weighted by molar-refractivity contribution is 9.10. The minimum Gasteiger partial charge on any atom is -0.489 e. The molecule has 0 fully saturated rings. The van der Waals surface area contributed by atoms with Crippen LogP contribution in [0.2, 0.25) is 0 Å². The molecule has 0 saturated heterocycles. The SMILES string of the molecule is OC(Cc1cc(F)cc(Br)c1)c1cccc(OCc2ccccc2)c1. The fraction of sp³-hybridized carbons (Fsp3) is 0.143. The minimum absolute atomic E-state index is 0.323. The van der Waals surface area contributed by atoms with Gasteiger partial charge in [0.05, 0.1) is 6.10 Å². The van der Waals surface area contributed by atoms with Crippen LogP contribution in [0.5, 0.6) is 5.75 Å². The lowest BCUT2D eigenvalue weighted by Crippen LogP contribution is -2.03. The third-order valence-electron chi connectivity index (χ3n) is 3.84. The van der Waals surface area contributed by atoms with Gasteiger partial charge < -0.3 is 9.84 Å². The fourth-order valence-electron chi connectivity index (χ4n) is 2.62. The van der Waals surface area contributed by atoms with Crippen LogP contribution in [0.4, 0.5) is 4.39 Å². The highest BCUT2D eigenvalue weighted by Crippen LogP contribution is 2.25. The van der Waals surface area contributed by atoms with E-state index in [2.05, 4.69) is 15.9 Å². The van der Waals surface area contributed by atoms with Gasteiger partial charge in [0.15, 0.2) is 0 Å². The molecule has 4 heteroatoms. The van der Waals surface area contributed by atoms with Crippen molar-refractivity contribution in [3.05, 3.63) is 99.8 Å². The summed E-state index contributed by atoms with van der Waals surface area (Å²) in [4.78, 5) is 0. The van der Waals surface area contributed by atoms with Crippen molar-refractivity contribution in [3.63, 3.8) is 0 Å². The Hall–Kier alpha value is -2.17. The Labute approximate surface area is 155 Å². The summed E-state index contributed by atoms with van der Waals surface area (Å²) in [6.45, 7) is 0.469. The van der Waals surface area contributed by atoms with E-state index in [0.717, 1.165) is 16.7 Å². The normalized spacial score (nSPS) is 12.0. The number of hydrogen-bond donors (Lipinski definition) is 1. The molecule has 0 saturated carbocycles. The molecule has 0 aliphatic rings. The molecule has 1 atom stereocenters. The van der Waals surface area contributed by atoms with Crippen molar-refractivity contribution in [1.29, 1.82) is 0 Å². The summed E-state index contributed by atoms with van der Waals surface area (Å²) >= 11 is 3.27. The van der Waals surface area contributed by atoms with Gasteiger partial charge >= 0.3 is 0 Å². The van der Waals surface area contributed by atoms with Crippen molar-refractivity contribution in [2.24, 2.45) is 0 Å². The van der Waals surface area contributed by atoms with E-state index in [4.69, 9.17) is 4.74 Å². The molecule has 128 valence electrons. The van der Waals surface area contributed by atoms with Crippen molar-refractivity contribution < 1.29 is 14.2 Å². The molecular weight excluding hydrogens is 383 g/mol. The first kappa shape index (κ1) is 17.6. The summed E-state index contributed by atoms with van der Waals surface area (Å²) in [6, 6.07) is 21.9. The van der Waals surface area contributed by atoms with Crippen molar-refractivity contribution in [2.75, 3.05) is 0 Å². The number of halogens is 2. The molecule has 3 aromatic carbocycles. The highest BCUT2D eigenvalue weighted by Gasteiger charge is 2.11. The first-order valence-electron chi connectivity index (χ1n) is 8.00. The molecule has 0 spiro atoms. The molecule has 0 amide bonds. The van der Waals surface area contributed by atoms with Crippen LogP contribution in [0.1, 0.15) is 22.8 Å². The standard InChI is InChI=1S/C21H18BrFO2/c22-18-9-16(10-19(23)13-18)11-21(24)17-7-4-8-20(12-17)25-14-15-5-2-1-3-6-15/h1-10,12-13,21,24H,11,14H2. The fourth-order valence-corrected chi connectivity index (χ4v) is 3.14. The summed E-state index contributed by atoms with van der Waals surface area (Å²) in [7, 11) is 0. The second kappa shape index (κ2) is 8.28. The highest BCUT2D eigenvalue weighted by atomic mass is 79.9. The summed E-state index contributed by atoms with van der Waals surface area (Å²) in [5, 5.41) is 10.5. The first-order valence-corrected chi connectivity index (χ1v) is 8.79. The Morgan fingerprint density at radius 1 is 0.920 bits per heavy atom. The van der Waals surface area contributed by atoms with Crippen LogP contribution >= 0.6 is 15.9 Å². The predicted octanol–water partition coefficient (Wildman–Crippen LogP) is 5.44. The molecule has 0 bridgehead atoms. The summed E-state index contributed by atoms with van der Waals surface area (Å²) in [6.07, 6.45) is -0.396. The van der Waals surface area contributed by atoms with Crippen LogP contribution in [0.25, 0.3) is 0 Å². The van der Waals surface area contributed by atoms with Gasteiger partial charge in [-0.05, 0) is 47.0 Å². The van der Waals surface area contributed by atoms with Crippen LogP contribution in [0.3, 0.4) is 0 Å². The van der Waals surface area contributed by atoms with Crippen LogP contribution < -0.4 is 4.74 Å². The van der Waals surface area contributed by atoms with E-state index in [1.807, 2.05) is 60.7 Å². The summed E-state index contributed by atoms with van der Waals surface area (Å²) in [5.41, 5.74) is 2.55. The van der Waals surface area contributed by atoms with Gasteiger partial charge in [0.2, 0.25) is 0 Å². The number of rotatable bonds is 6. The van der Waals surface area contributed by atoms with Crippen LogP contribution in [-0.4, -0.2) is 5.11 Å². The monoisotopic (exact) mass is 400 g/mol. The van der Waals surface area contributed by atoms with E-state index in [9.17, 15) is 9.50 Å². The Morgan fingerprint density at radius 2 is 1.72 bits per heavy atom. The Kier molecular flexibility index (Phi) is 5.84. The Morgan fingerprint density at radius 3 is 2.48 bits per heavy atom. The summed E-state index contributed by atoms with van der Waals surface area (Å²) in [5.74, 6) is 0.373. The van der Waals surface area contributed by atoms with Crippen molar-refractivity contribution in [3.8, 4) is 5.75 Å². The van der Waals surface area contributed by atoms with E-state index in [1.54, 1.807) is 0 Å². The Bertz CT molecular complexity index is 816. The average molecular weight is 401 g/mol. The third kappa shape index (κ3) is 5.15. The van der Waals surface area contributed by atoms with E-state index in [1.165, 1.54) is 12.1 Å². The maximum atomic E-state index is 13.5. The van der Waals surface area contributed by atoms with Gasteiger partial charge in [0.25, 0.3) is 0 Å². The average Bonchev–Trinajstić information content (AvgIpc) is 2.60. The first-order chi connectivity index (χ1) is 12.1. The zero-order valence-corrected chi connectivity index (χ0v) is 15.1. The quantitative estimate of drug-likeness (QED) is 0.596. The number of hydrogen-bond acceptors (Lipinski definition) is 2. The molecule has 0 aromatic heterocycles. The summed E-state index contributed by atoms with van der Waals surface area (Å²) < 4.78 is 19.9. The van der Waals surface area contributed by atoms with Crippen molar-refractivity contribution in [1.82, 2.24) is 0 Å². The lowest BCUT2D eigenvalue weighted by molar-refractivity contribution is 0.177. The largest absolute Gasteiger partial charge is 0.489 e. The second-order valence-corrected chi connectivity index (χ2v) is 6.76. The molecule has 0 aliphatic carbocycles. The molecule has 0 heterocycles. The van der Waals surface area contributed by atoms with Gasteiger partial charge in [-0.15, -0.1) is 0 Å². The molecule has 2 nitrogen and oxygen atoms in total. The van der Waals surface area contributed by atoms with Crippen LogP contribution in [-0.2, 0) is 13.0 Å². The predicted molar refractivity (Wildman–Crippen MR) is 100.0 cm³/mol. The second-order valence-electron chi connectivity index (χ2n) is 5.84. The zero-order valence-electron chi connectivity index (χ0n) is 13.5. The Balaban J connectivity index is 1.67. The molecule has 3 aromatic rings. The van der Waals surface area contributed by atoms with Crippen LogP contribution in [0, 0.1) is 5.82 Å². The maximum Gasteiger partial charge on any atom is 0.124 e. The maximum absolute atomic E-state index is 13.5. The molecule has 3 rings (SSSR count). The topological polar surface area (TPSA) is 29.5 Å². The van der Waals surface area contributed by atoms with Crippen molar-refractivity contribution >= 4 is 15.9 Å². The number of aliphatic hydroxyl groups excluding tert-OH is 1. The number of ether oxygens (including phenoxy) is 1. The molecule has 1 unspecified atom stereocenters. The lowest BCUT2D eigenvalue weighted by Gasteiger charge is -2.13.